The van der Waals surface area contributed by atoms with Gasteiger partial charge >= 0.3 is 29.6 Å². The Bertz CT molecular complexity index is 429. The second-order valence-electron chi connectivity index (χ2n) is 3.16. The fourth-order valence-corrected chi connectivity index (χ4v) is 2.94. The molecule has 0 aliphatic rings. The molecule has 4 nitrogen and oxygen atoms in total. The van der Waals surface area contributed by atoms with Crippen LogP contribution >= 0.6 is 10.8 Å². The zero-order chi connectivity index (χ0) is 12.2. The summed E-state index contributed by atoms with van der Waals surface area (Å²) in [4.78, 5) is 2.59. The Balaban J connectivity index is 0.00000256. The molecule has 0 saturated heterocycles. The monoisotopic (exact) mass is 283 g/mol. The van der Waals surface area contributed by atoms with Crippen molar-refractivity contribution in [3.05, 3.63) is 24.3 Å². The van der Waals surface area contributed by atoms with Gasteiger partial charge < -0.3 is 9.45 Å². The Hall–Kier alpha value is 0.280. The van der Waals surface area contributed by atoms with Gasteiger partial charge in [-0.15, -0.1) is 0 Å². The third-order valence-electron chi connectivity index (χ3n) is 2.16. The van der Waals surface area contributed by atoms with Gasteiger partial charge in [0.15, 0.2) is 9.15 Å². The Morgan fingerprint density at radius 3 is 2.00 bits per heavy atom. The van der Waals surface area contributed by atoms with Crippen LogP contribution in [0.4, 0.5) is 5.69 Å². The van der Waals surface area contributed by atoms with Crippen molar-refractivity contribution >= 4 is 25.6 Å². The molecule has 0 atom stereocenters. The van der Waals surface area contributed by atoms with Gasteiger partial charge in [-0.3, -0.25) is 0 Å². The molecule has 1 rings (SSSR count). The van der Waals surface area contributed by atoms with Gasteiger partial charge in [-0.25, -0.2) is 8.42 Å². The second-order valence-corrected chi connectivity index (χ2v) is 6.34. The van der Waals surface area contributed by atoms with Gasteiger partial charge in [0.2, 0.25) is 0 Å². The van der Waals surface area contributed by atoms with Crippen LogP contribution in [0, 0.1) is 0 Å². The number of nitrogens with zero attached hydrogens (tertiary/aromatic N) is 1. The molecule has 0 saturated carbocycles. The van der Waals surface area contributed by atoms with Crippen molar-refractivity contribution in [2.24, 2.45) is 0 Å². The van der Waals surface area contributed by atoms with Crippen molar-refractivity contribution in [1.29, 1.82) is 0 Å². The zero-order valence-corrected chi connectivity index (χ0v) is 13.8. The molecule has 0 bridgehead atoms. The Labute approximate surface area is 128 Å². The molecule has 0 aliphatic carbocycles. The largest absolute Gasteiger partial charge is 1.00 e. The first kappa shape index (κ1) is 17.3. The topological polar surface area (TPSA) is 60.4 Å². The first-order chi connectivity index (χ1) is 7.46. The first-order valence-corrected chi connectivity index (χ1v) is 7.70. The summed E-state index contributed by atoms with van der Waals surface area (Å²) in [5, 5.41) is 0. The average Bonchev–Trinajstić information content (AvgIpc) is 2.20. The predicted octanol–water partition coefficient (Wildman–Crippen LogP) is -0.911. The number of hydrogen-bond acceptors (Lipinski definition) is 5. The molecular weight excluding hydrogens is 269 g/mol. The quantitative estimate of drug-likeness (QED) is 0.398. The van der Waals surface area contributed by atoms with Gasteiger partial charge in [-0.1, -0.05) is 0 Å². The summed E-state index contributed by atoms with van der Waals surface area (Å²) >= 11 is 0. The summed E-state index contributed by atoms with van der Waals surface area (Å²) in [5.41, 5.74) is 1.03. The summed E-state index contributed by atoms with van der Waals surface area (Å²) in [6, 6.07) is 6.93. The van der Waals surface area contributed by atoms with Crippen LogP contribution in [0.3, 0.4) is 0 Å². The molecule has 0 amide bonds. The van der Waals surface area contributed by atoms with E-state index in [9.17, 15) is 13.0 Å². The number of hydrogen-bond donors (Lipinski definition) is 0. The molecule has 0 spiro atoms. The van der Waals surface area contributed by atoms with Crippen LogP contribution in [0.2, 0.25) is 0 Å². The van der Waals surface area contributed by atoms with Crippen molar-refractivity contribution in [2.75, 3.05) is 18.0 Å². The molecule has 0 aromatic heterocycles. The van der Waals surface area contributed by atoms with Crippen LogP contribution in [0.5, 0.6) is 0 Å². The van der Waals surface area contributed by atoms with Crippen LogP contribution in [0.1, 0.15) is 13.8 Å². The summed E-state index contributed by atoms with van der Waals surface area (Å²) in [6.07, 6.45) is 0. The smallest absolute Gasteiger partial charge is 0.739 e. The van der Waals surface area contributed by atoms with Gasteiger partial charge in [-0.05, 0) is 48.9 Å². The van der Waals surface area contributed by atoms with Gasteiger partial charge in [0.25, 0.3) is 0 Å². The van der Waals surface area contributed by atoms with Crippen molar-refractivity contribution < 1.29 is 42.5 Å². The third kappa shape index (κ3) is 6.13. The van der Waals surface area contributed by atoms with E-state index in [-0.39, 0.29) is 29.6 Å². The fraction of sp³-hybridized carbons (Fsp3) is 0.400. The molecule has 1 aromatic carbocycles. The second kappa shape index (κ2) is 7.66. The van der Waals surface area contributed by atoms with E-state index >= 15 is 0 Å². The van der Waals surface area contributed by atoms with Crippen LogP contribution < -0.4 is 34.5 Å². The van der Waals surface area contributed by atoms with E-state index in [1.165, 1.54) is 0 Å². The molecule has 0 unspecified atom stereocenters. The number of anilines is 1. The van der Waals surface area contributed by atoms with Crippen molar-refractivity contribution in [3.63, 3.8) is 0 Å². The third-order valence-corrected chi connectivity index (χ3v) is 4.02. The summed E-state index contributed by atoms with van der Waals surface area (Å²) < 4.78 is 31.6. The maximum absolute atomic E-state index is 10.5. The van der Waals surface area contributed by atoms with E-state index in [4.69, 9.17) is 0 Å². The molecule has 0 heterocycles. The normalized spacial score (nSPS) is 10.8. The molecule has 0 aliphatic heterocycles. The molecule has 90 valence electrons. The number of rotatable bonds is 5. The van der Waals surface area contributed by atoms with Crippen molar-refractivity contribution in [1.82, 2.24) is 0 Å². The van der Waals surface area contributed by atoms with E-state index in [2.05, 4.69) is 4.90 Å². The molecule has 1 aromatic rings. The maximum atomic E-state index is 10.5. The van der Waals surface area contributed by atoms with E-state index in [1.54, 1.807) is 12.1 Å². The SMILES string of the molecule is CCN(CC)c1ccc(SS(=O)(=O)[O-])cc1.[Na+]. The van der Waals surface area contributed by atoms with E-state index in [0.29, 0.717) is 15.7 Å². The standard InChI is InChI=1S/C10H15NO3S2.Na/c1-3-11(4-2)9-5-7-10(8-6-9)15-16(12,13)14;/h5-8H,3-4H2,1-2H3,(H,12,13,14);/q;+1/p-1. The minimum atomic E-state index is -4.27. The van der Waals surface area contributed by atoms with Crippen LogP contribution in [-0.2, 0) is 9.15 Å². The average molecular weight is 283 g/mol. The van der Waals surface area contributed by atoms with Crippen LogP contribution in [0.25, 0.3) is 0 Å². The van der Waals surface area contributed by atoms with Crippen LogP contribution in [-0.4, -0.2) is 26.1 Å². The molecule has 0 radical (unpaired) electrons. The minimum Gasteiger partial charge on any atom is -0.739 e. The minimum absolute atomic E-state index is 0. The Morgan fingerprint density at radius 1 is 1.18 bits per heavy atom. The van der Waals surface area contributed by atoms with Gasteiger partial charge in [-0.2, -0.15) is 0 Å². The summed E-state index contributed by atoms with van der Waals surface area (Å²) in [6.45, 7) is 5.88. The van der Waals surface area contributed by atoms with Gasteiger partial charge in [0.05, 0.1) is 0 Å². The Kier molecular flexibility index (Phi) is 7.78. The van der Waals surface area contributed by atoms with Crippen molar-refractivity contribution in [3.8, 4) is 0 Å². The molecule has 17 heavy (non-hydrogen) atoms. The van der Waals surface area contributed by atoms with E-state index < -0.39 is 9.15 Å². The fourth-order valence-electron chi connectivity index (χ4n) is 1.42. The zero-order valence-electron chi connectivity index (χ0n) is 10.2. The maximum Gasteiger partial charge on any atom is 1.00 e. The molecule has 7 heteroatoms. The first-order valence-electron chi connectivity index (χ1n) is 4.96. The molecule has 0 fully saturated rings. The predicted molar refractivity (Wildman–Crippen MR) is 65.6 cm³/mol. The van der Waals surface area contributed by atoms with Gasteiger partial charge in [0.1, 0.15) is 0 Å². The summed E-state index contributed by atoms with van der Waals surface area (Å²) in [5.74, 6) is 0. The van der Waals surface area contributed by atoms with E-state index in [0.717, 1.165) is 18.8 Å². The molecular formula is C10H14NNaO3S2. The summed E-state index contributed by atoms with van der Waals surface area (Å²) in [7, 11) is -3.93. The molecule has 0 N–H and O–H groups in total. The van der Waals surface area contributed by atoms with Gasteiger partial charge in [0, 0.05) is 23.7 Å². The van der Waals surface area contributed by atoms with Crippen molar-refractivity contribution in [2.45, 2.75) is 18.7 Å². The van der Waals surface area contributed by atoms with Crippen LogP contribution in [0.15, 0.2) is 29.2 Å². The Morgan fingerprint density at radius 2 is 1.65 bits per heavy atom. The van der Waals surface area contributed by atoms with E-state index in [1.807, 2.05) is 26.0 Å². The number of benzene rings is 1.